The number of rotatable bonds is 7. The van der Waals surface area contributed by atoms with Gasteiger partial charge < -0.3 is 23.8 Å². The maximum atomic E-state index is 13.8. The third kappa shape index (κ3) is 4.42. The lowest BCUT2D eigenvalue weighted by molar-refractivity contribution is -0.149. The van der Waals surface area contributed by atoms with Crippen molar-refractivity contribution in [2.75, 3.05) is 32.8 Å². The van der Waals surface area contributed by atoms with E-state index in [9.17, 15) is 14.0 Å². The van der Waals surface area contributed by atoms with E-state index in [1.807, 2.05) is 0 Å². The Morgan fingerprint density at radius 1 is 1.07 bits per heavy atom. The Labute approximate surface area is 167 Å². The predicted octanol–water partition coefficient (Wildman–Crippen LogP) is 2.95. The van der Waals surface area contributed by atoms with Crippen LogP contribution in [0, 0.1) is 11.7 Å². The van der Waals surface area contributed by atoms with Crippen molar-refractivity contribution in [3.8, 4) is 17.2 Å². The molecule has 29 heavy (non-hydrogen) atoms. The summed E-state index contributed by atoms with van der Waals surface area (Å²) < 4.78 is 34.4. The molecule has 0 saturated carbocycles. The van der Waals surface area contributed by atoms with E-state index < -0.39 is 17.7 Å². The van der Waals surface area contributed by atoms with Crippen molar-refractivity contribution in [1.29, 1.82) is 0 Å². The van der Waals surface area contributed by atoms with Crippen molar-refractivity contribution in [2.45, 2.75) is 13.0 Å². The molecular formula is C21H22FNO6. The number of carbonyl (C=O) groups is 2. The summed E-state index contributed by atoms with van der Waals surface area (Å²) in [7, 11) is 4.41. The minimum Gasteiger partial charge on any atom is -0.497 e. The van der Waals surface area contributed by atoms with Gasteiger partial charge in [-0.3, -0.25) is 9.59 Å². The molecular weight excluding hydrogens is 381 g/mol. The Morgan fingerprint density at radius 2 is 1.83 bits per heavy atom. The van der Waals surface area contributed by atoms with Crippen molar-refractivity contribution >= 4 is 17.6 Å². The first-order valence-electron chi connectivity index (χ1n) is 8.98. The van der Waals surface area contributed by atoms with E-state index in [4.69, 9.17) is 18.9 Å². The summed E-state index contributed by atoms with van der Waals surface area (Å²) >= 11 is 0. The molecule has 1 heterocycles. The van der Waals surface area contributed by atoms with E-state index in [0.717, 1.165) is 0 Å². The SMILES string of the molecule is COc1ccc(N2C[C@H](C(=O)OCc3ccc(OC)c(F)c3)CC2=O)c(OC)c1. The highest BCUT2D eigenvalue weighted by Gasteiger charge is 2.37. The largest absolute Gasteiger partial charge is 0.497 e. The first-order chi connectivity index (χ1) is 14.0. The van der Waals surface area contributed by atoms with Gasteiger partial charge in [-0.15, -0.1) is 0 Å². The maximum Gasteiger partial charge on any atom is 0.311 e. The fourth-order valence-electron chi connectivity index (χ4n) is 3.18. The Balaban J connectivity index is 1.65. The lowest BCUT2D eigenvalue weighted by Gasteiger charge is -2.20. The van der Waals surface area contributed by atoms with Crippen molar-refractivity contribution in [3.05, 3.63) is 47.8 Å². The van der Waals surface area contributed by atoms with E-state index in [1.54, 1.807) is 24.3 Å². The van der Waals surface area contributed by atoms with Crippen molar-refractivity contribution in [2.24, 2.45) is 5.92 Å². The highest BCUT2D eigenvalue weighted by molar-refractivity contribution is 6.00. The first-order valence-corrected chi connectivity index (χ1v) is 8.98. The van der Waals surface area contributed by atoms with E-state index in [-0.39, 0.29) is 31.2 Å². The Bertz CT molecular complexity index is 916. The lowest BCUT2D eigenvalue weighted by Crippen LogP contribution is -2.26. The second-order valence-electron chi connectivity index (χ2n) is 6.52. The summed E-state index contributed by atoms with van der Waals surface area (Å²) in [5.41, 5.74) is 1.06. The van der Waals surface area contributed by atoms with Crippen LogP contribution in [0.15, 0.2) is 36.4 Å². The zero-order valence-corrected chi connectivity index (χ0v) is 16.4. The van der Waals surface area contributed by atoms with Gasteiger partial charge in [-0.05, 0) is 29.8 Å². The molecule has 0 aromatic heterocycles. The van der Waals surface area contributed by atoms with Gasteiger partial charge in [0.2, 0.25) is 5.91 Å². The van der Waals surface area contributed by atoms with Gasteiger partial charge >= 0.3 is 5.97 Å². The lowest BCUT2D eigenvalue weighted by atomic mass is 10.1. The Hall–Kier alpha value is -3.29. The number of anilines is 1. The number of esters is 1. The quantitative estimate of drug-likeness (QED) is 0.662. The molecule has 0 unspecified atom stereocenters. The van der Waals surface area contributed by atoms with E-state index >= 15 is 0 Å². The molecule has 0 radical (unpaired) electrons. The molecule has 0 spiro atoms. The van der Waals surface area contributed by atoms with Crippen LogP contribution in [0.3, 0.4) is 0 Å². The normalized spacial score (nSPS) is 15.9. The molecule has 1 saturated heterocycles. The maximum absolute atomic E-state index is 13.8. The van der Waals surface area contributed by atoms with Crippen LogP contribution in [0.2, 0.25) is 0 Å². The predicted molar refractivity (Wildman–Crippen MR) is 103 cm³/mol. The third-order valence-corrected chi connectivity index (χ3v) is 4.73. The molecule has 1 atom stereocenters. The topological polar surface area (TPSA) is 74.3 Å². The molecule has 2 aromatic carbocycles. The van der Waals surface area contributed by atoms with Gasteiger partial charge in [-0.1, -0.05) is 6.07 Å². The standard InChI is InChI=1S/C21H22FNO6/c1-26-15-5-6-17(19(10-15)28-3)23-11-14(9-20(23)24)21(25)29-12-13-4-7-18(27-2)16(22)8-13/h4-8,10,14H,9,11-12H2,1-3H3/t14-/m1/s1. The molecule has 8 heteroatoms. The molecule has 154 valence electrons. The van der Waals surface area contributed by atoms with Gasteiger partial charge in [0.1, 0.15) is 18.1 Å². The summed E-state index contributed by atoms with van der Waals surface area (Å²) in [6, 6.07) is 9.43. The zero-order chi connectivity index (χ0) is 21.0. The minimum atomic E-state index is -0.614. The number of carbonyl (C=O) groups excluding carboxylic acids is 2. The number of halogens is 1. The van der Waals surface area contributed by atoms with Gasteiger partial charge in [0.05, 0.1) is 32.9 Å². The van der Waals surface area contributed by atoms with Crippen LogP contribution < -0.4 is 19.1 Å². The monoisotopic (exact) mass is 403 g/mol. The average molecular weight is 403 g/mol. The Kier molecular flexibility index (Phi) is 6.21. The molecule has 0 bridgehead atoms. The smallest absolute Gasteiger partial charge is 0.311 e. The van der Waals surface area contributed by atoms with Gasteiger partial charge in [0, 0.05) is 19.0 Å². The first kappa shape index (κ1) is 20.4. The highest BCUT2D eigenvalue weighted by Crippen LogP contribution is 2.36. The van der Waals surface area contributed by atoms with Crippen LogP contribution in [0.5, 0.6) is 17.2 Å². The number of methoxy groups -OCH3 is 3. The van der Waals surface area contributed by atoms with E-state index in [1.165, 1.54) is 38.4 Å². The van der Waals surface area contributed by atoms with Gasteiger partial charge in [0.25, 0.3) is 0 Å². The second kappa shape index (κ2) is 8.81. The molecule has 1 fully saturated rings. The molecule has 1 amide bonds. The number of ether oxygens (including phenoxy) is 4. The molecule has 1 aliphatic heterocycles. The molecule has 2 aromatic rings. The van der Waals surface area contributed by atoms with Crippen LogP contribution in [-0.4, -0.2) is 39.8 Å². The van der Waals surface area contributed by atoms with Gasteiger partial charge in [0.15, 0.2) is 11.6 Å². The summed E-state index contributed by atoms with van der Waals surface area (Å²) in [5.74, 6) is -0.673. The summed E-state index contributed by atoms with van der Waals surface area (Å²) in [6.45, 7) is 0.0909. The number of amides is 1. The van der Waals surface area contributed by atoms with Gasteiger partial charge in [-0.2, -0.15) is 0 Å². The fraction of sp³-hybridized carbons (Fsp3) is 0.333. The summed E-state index contributed by atoms with van der Waals surface area (Å²) in [6.07, 6.45) is 0.0327. The van der Waals surface area contributed by atoms with Crippen LogP contribution in [0.4, 0.5) is 10.1 Å². The van der Waals surface area contributed by atoms with Crippen LogP contribution in [0.25, 0.3) is 0 Å². The van der Waals surface area contributed by atoms with Crippen LogP contribution in [0.1, 0.15) is 12.0 Å². The zero-order valence-electron chi connectivity index (χ0n) is 16.4. The molecule has 0 N–H and O–H groups in total. The average Bonchev–Trinajstić information content (AvgIpc) is 3.13. The molecule has 7 nitrogen and oxygen atoms in total. The number of nitrogens with zero attached hydrogens (tertiary/aromatic N) is 1. The third-order valence-electron chi connectivity index (χ3n) is 4.73. The molecule has 3 rings (SSSR count). The number of benzene rings is 2. The Morgan fingerprint density at radius 3 is 2.48 bits per heavy atom. The van der Waals surface area contributed by atoms with E-state index in [0.29, 0.717) is 22.7 Å². The second-order valence-corrected chi connectivity index (χ2v) is 6.52. The molecule has 1 aliphatic rings. The van der Waals surface area contributed by atoms with Crippen molar-refractivity contribution in [3.63, 3.8) is 0 Å². The van der Waals surface area contributed by atoms with Gasteiger partial charge in [-0.25, -0.2) is 4.39 Å². The highest BCUT2D eigenvalue weighted by atomic mass is 19.1. The van der Waals surface area contributed by atoms with Crippen molar-refractivity contribution < 1.29 is 32.9 Å². The van der Waals surface area contributed by atoms with Crippen LogP contribution in [-0.2, 0) is 20.9 Å². The van der Waals surface area contributed by atoms with Crippen molar-refractivity contribution in [1.82, 2.24) is 0 Å². The molecule has 0 aliphatic carbocycles. The fourth-order valence-corrected chi connectivity index (χ4v) is 3.18. The van der Waals surface area contributed by atoms with Crippen LogP contribution >= 0.6 is 0 Å². The summed E-state index contributed by atoms with van der Waals surface area (Å²) in [5, 5.41) is 0. The van der Waals surface area contributed by atoms with E-state index in [2.05, 4.69) is 0 Å². The summed E-state index contributed by atoms with van der Waals surface area (Å²) in [4.78, 5) is 26.4. The number of hydrogen-bond acceptors (Lipinski definition) is 6. The number of hydrogen-bond donors (Lipinski definition) is 0. The minimum absolute atomic E-state index is 0.0327.